The van der Waals surface area contributed by atoms with Crippen molar-refractivity contribution in [1.82, 2.24) is 0 Å². The number of rotatable bonds is 0. The Hall–Kier alpha value is -0.830. The summed E-state index contributed by atoms with van der Waals surface area (Å²) in [6.07, 6.45) is 0. The van der Waals surface area contributed by atoms with Gasteiger partial charge in [0.15, 0.2) is 0 Å². The van der Waals surface area contributed by atoms with Gasteiger partial charge in [-0.2, -0.15) is 0 Å². The Morgan fingerprint density at radius 3 is 3.00 bits per heavy atom. The molecule has 1 aliphatic heterocycles. The highest BCUT2D eigenvalue weighted by Gasteiger charge is 2.14. The van der Waals surface area contributed by atoms with Gasteiger partial charge < -0.3 is 5.32 Å². The molecule has 1 heterocycles. The van der Waals surface area contributed by atoms with Crippen LogP contribution in [0.25, 0.3) is 0 Å². The number of benzene rings is 1. The third kappa shape index (κ3) is 0.743. The highest BCUT2D eigenvalue weighted by molar-refractivity contribution is 7.85. The van der Waals surface area contributed by atoms with Crippen LogP contribution in [-0.2, 0) is 10.8 Å². The molecule has 52 valence electrons. The molecule has 1 N–H and O–H groups in total. The molecule has 0 amide bonds. The molecule has 1 aromatic rings. The SMILES string of the molecule is O=S1CNc2ccccc21. The Bertz CT molecular complexity index is 285. The molecule has 3 heteroatoms. The molecule has 2 rings (SSSR count). The van der Waals surface area contributed by atoms with Crippen molar-refractivity contribution in [2.24, 2.45) is 0 Å². The van der Waals surface area contributed by atoms with Crippen LogP contribution in [0.1, 0.15) is 0 Å². The molecule has 0 aromatic heterocycles. The second kappa shape index (κ2) is 2.09. The fraction of sp³-hybridized carbons (Fsp3) is 0.143. The summed E-state index contributed by atoms with van der Waals surface area (Å²) in [5.41, 5.74) is 1.01. The largest absolute Gasteiger partial charge is 0.372 e. The van der Waals surface area contributed by atoms with Gasteiger partial charge in [-0.25, -0.2) is 0 Å². The molecule has 0 aliphatic carbocycles. The minimum absolute atomic E-state index is 0.569. The van der Waals surface area contributed by atoms with Gasteiger partial charge in [0.25, 0.3) is 0 Å². The number of fused-ring (bicyclic) bond motifs is 1. The normalized spacial score (nSPS) is 21.8. The van der Waals surface area contributed by atoms with E-state index in [1.54, 1.807) is 0 Å². The molecule has 1 atom stereocenters. The summed E-state index contributed by atoms with van der Waals surface area (Å²) < 4.78 is 11.1. The van der Waals surface area contributed by atoms with E-state index in [1.165, 1.54) is 0 Å². The first-order valence-electron chi connectivity index (χ1n) is 3.09. The second-order valence-corrected chi connectivity index (χ2v) is 3.58. The van der Waals surface area contributed by atoms with Crippen molar-refractivity contribution >= 4 is 16.5 Å². The molecule has 0 fully saturated rings. The summed E-state index contributed by atoms with van der Waals surface area (Å²) >= 11 is 0. The molecule has 1 unspecified atom stereocenters. The quantitative estimate of drug-likeness (QED) is 0.606. The molecule has 2 nitrogen and oxygen atoms in total. The van der Waals surface area contributed by atoms with Gasteiger partial charge in [0.1, 0.15) is 0 Å². The average Bonchev–Trinajstić information content (AvgIpc) is 2.34. The first-order valence-corrected chi connectivity index (χ1v) is 4.41. The van der Waals surface area contributed by atoms with Crippen molar-refractivity contribution in [3.8, 4) is 0 Å². The highest BCUT2D eigenvalue weighted by Crippen LogP contribution is 2.24. The van der Waals surface area contributed by atoms with Crippen molar-refractivity contribution in [1.29, 1.82) is 0 Å². The minimum Gasteiger partial charge on any atom is -0.372 e. The number of hydrogen-bond donors (Lipinski definition) is 1. The van der Waals surface area contributed by atoms with Gasteiger partial charge in [-0.1, -0.05) is 12.1 Å². The van der Waals surface area contributed by atoms with E-state index in [2.05, 4.69) is 5.32 Å². The van der Waals surface area contributed by atoms with Crippen molar-refractivity contribution in [3.05, 3.63) is 24.3 Å². The van der Waals surface area contributed by atoms with Crippen LogP contribution in [0.2, 0.25) is 0 Å². The topological polar surface area (TPSA) is 29.1 Å². The summed E-state index contributed by atoms with van der Waals surface area (Å²) in [6, 6.07) is 7.68. The molecule has 0 bridgehead atoms. The van der Waals surface area contributed by atoms with E-state index in [-0.39, 0.29) is 0 Å². The van der Waals surface area contributed by atoms with E-state index in [0.717, 1.165) is 10.6 Å². The van der Waals surface area contributed by atoms with Crippen LogP contribution < -0.4 is 5.32 Å². The third-order valence-electron chi connectivity index (χ3n) is 1.53. The Balaban J connectivity index is 2.61. The molecule has 1 aromatic carbocycles. The molecule has 0 radical (unpaired) electrons. The lowest BCUT2D eigenvalue weighted by atomic mass is 10.3. The van der Waals surface area contributed by atoms with Gasteiger partial charge in [-0.3, -0.25) is 4.21 Å². The van der Waals surface area contributed by atoms with E-state index in [1.807, 2.05) is 24.3 Å². The average molecular weight is 153 g/mol. The third-order valence-corrected chi connectivity index (χ3v) is 2.78. The minimum atomic E-state index is -0.809. The van der Waals surface area contributed by atoms with Gasteiger partial charge in [-0.05, 0) is 12.1 Å². The van der Waals surface area contributed by atoms with Crippen LogP contribution in [0, 0.1) is 0 Å². The molecular weight excluding hydrogens is 146 g/mol. The Kier molecular flexibility index (Phi) is 1.24. The predicted molar refractivity (Wildman–Crippen MR) is 41.3 cm³/mol. The van der Waals surface area contributed by atoms with Gasteiger partial charge in [0.05, 0.1) is 27.3 Å². The molecule has 1 aliphatic rings. The van der Waals surface area contributed by atoms with Gasteiger partial charge in [0, 0.05) is 0 Å². The van der Waals surface area contributed by atoms with Crippen LogP contribution in [-0.4, -0.2) is 10.1 Å². The number of para-hydroxylation sites is 1. The molecule has 0 saturated carbocycles. The molecule has 0 saturated heterocycles. The maximum atomic E-state index is 11.1. The maximum absolute atomic E-state index is 11.1. The van der Waals surface area contributed by atoms with Crippen molar-refractivity contribution < 1.29 is 4.21 Å². The zero-order valence-corrected chi connectivity index (χ0v) is 6.15. The van der Waals surface area contributed by atoms with E-state index in [4.69, 9.17) is 0 Å². The number of hydrogen-bond acceptors (Lipinski definition) is 2. The molecular formula is C7H7NOS. The van der Waals surface area contributed by atoms with Crippen molar-refractivity contribution in [2.45, 2.75) is 4.90 Å². The standard InChI is InChI=1S/C7H7NOS/c9-10-5-8-6-3-1-2-4-7(6)10/h1-4,8H,5H2. The summed E-state index contributed by atoms with van der Waals surface area (Å²) in [6.45, 7) is 0. The summed E-state index contributed by atoms with van der Waals surface area (Å²) in [5.74, 6) is 0.569. The van der Waals surface area contributed by atoms with E-state index in [0.29, 0.717) is 5.88 Å². The first kappa shape index (κ1) is 5.92. The molecule has 10 heavy (non-hydrogen) atoms. The maximum Gasteiger partial charge on any atom is 0.0959 e. The lowest BCUT2D eigenvalue weighted by Gasteiger charge is -1.92. The fourth-order valence-corrected chi connectivity index (χ4v) is 2.09. The Morgan fingerprint density at radius 1 is 1.40 bits per heavy atom. The predicted octanol–water partition coefficient (Wildman–Crippen LogP) is 1.18. The first-order chi connectivity index (χ1) is 4.88. The van der Waals surface area contributed by atoms with E-state index in [9.17, 15) is 4.21 Å². The number of nitrogens with one attached hydrogen (secondary N) is 1. The van der Waals surface area contributed by atoms with Gasteiger partial charge in [-0.15, -0.1) is 0 Å². The highest BCUT2D eigenvalue weighted by atomic mass is 32.2. The van der Waals surface area contributed by atoms with Crippen LogP contribution in [0.15, 0.2) is 29.2 Å². The smallest absolute Gasteiger partial charge is 0.0959 e. The van der Waals surface area contributed by atoms with Crippen LogP contribution in [0.4, 0.5) is 5.69 Å². The Labute approximate surface area is 61.7 Å². The second-order valence-electron chi connectivity index (χ2n) is 2.16. The van der Waals surface area contributed by atoms with Crippen molar-refractivity contribution in [3.63, 3.8) is 0 Å². The van der Waals surface area contributed by atoms with Gasteiger partial charge >= 0.3 is 0 Å². The summed E-state index contributed by atoms with van der Waals surface area (Å²) in [5, 5.41) is 3.05. The molecule has 0 spiro atoms. The van der Waals surface area contributed by atoms with Crippen LogP contribution >= 0.6 is 0 Å². The Morgan fingerprint density at radius 2 is 2.20 bits per heavy atom. The monoisotopic (exact) mass is 153 g/mol. The van der Waals surface area contributed by atoms with Gasteiger partial charge in [0.2, 0.25) is 0 Å². The lowest BCUT2D eigenvalue weighted by molar-refractivity contribution is 0.686. The number of anilines is 1. The van der Waals surface area contributed by atoms with Crippen LogP contribution in [0.5, 0.6) is 0 Å². The zero-order valence-electron chi connectivity index (χ0n) is 5.33. The summed E-state index contributed by atoms with van der Waals surface area (Å²) in [4.78, 5) is 0.933. The zero-order chi connectivity index (χ0) is 6.97. The van der Waals surface area contributed by atoms with E-state index >= 15 is 0 Å². The summed E-state index contributed by atoms with van der Waals surface area (Å²) in [7, 11) is -0.809. The van der Waals surface area contributed by atoms with E-state index < -0.39 is 10.8 Å². The lowest BCUT2D eigenvalue weighted by Crippen LogP contribution is -1.94. The van der Waals surface area contributed by atoms with Crippen molar-refractivity contribution in [2.75, 3.05) is 11.2 Å². The fourth-order valence-electron chi connectivity index (χ4n) is 1.03. The van der Waals surface area contributed by atoms with Crippen LogP contribution in [0.3, 0.4) is 0 Å².